The van der Waals surface area contributed by atoms with Gasteiger partial charge in [-0.05, 0) is 25.7 Å². The molecule has 2 aliphatic rings. The molecule has 100 valence electrons. The normalized spacial score (nSPS) is 27.7. The third kappa shape index (κ3) is 1.99. The predicted molar refractivity (Wildman–Crippen MR) is 64.4 cm³/mol. The number of nitrogens with zero attached hydrogens (tertiary/aromatic N) is 3. The van der Waals surface area contributed by atoms with Crippen LogP contribution in [0.2, 0.25) is 0 Å². The highest BCUT2D eigenvalue weighted by molar-refractivity contribution is 5.26. The van der Waals surface area contributed by atoms with Crippen LogP contribution in [0, 0.1) is 6.92 Å². The fourth-order valence-corrected chi connectivity index (χ4v) is 2.88. The zero-order valence-electron chi connectivity index (χ0n) is 10.6. The third-order valence-electron chi connectivity index (χ3n) is 4.01. The monoisotopic (exact) mass is 253 g/mol. The molecule has 3 heterocycles. The maximum absolute atomic E-state index is 10.2. The lowest BCUT2D eigenvalue weighted by Gasteiger charge is -2.46. The van der Waals surface area contributed by atoms with Gasteiger partial charge in [0.2, 0.25) is 5.89 Å². The number of aromatic nitrogens is 2. The van der Waals surface area contributed by atoms with Crippen molar-refractivity contribution in [2.75, 3.05) is 24.6 Å². The highest BCUT2D eigenvalue weighted by Gasteiger charge is 2.44. The van der Waals surface area contributed by atoms with E-state index in [4.69, 9.17) is 9.15 Å². The number of hydrogen-bond donors (Lipinski definition) is 1. The lowest BCUT2D eigenvalue weighted by Crippen LogP contribution is -2.55. The summed E-state index contributed by atoms with van der Waals surface area (Å²) in [6.07, 6.45) is 3.10. The lowest BCUT2D eigenvalue weighted by molar-refractivity contribution is -0.164. The predicted octanol–water partition coefficient (Wildman–Crippen LogP) is 0.888. The van der Waals surface area contributed by atoms with Crippen LogP contribution in [0.5, 0.6) is 0 Å². The van der Waals surface area contributed by atoms with Crippen LogP contribution in [0.3, 0.4) is 0 Å². The molecule has 0 unspecified atom stereocenters. The maximum Gasteiger partial charge on any atom is 0.318 e. The van der Waals surface area contributed by atoms with E-state index in [2.05, 4.69) is 15.1 Å². The van der Waals surface area contributed by atoms with Crippen LogP contribution >= 0.6 is 0 Å². The second-order valence-corrected chi connectivity index (χ2v) is 5.16. The van der Waals surface area contributed by atoms with E-state index in [0.29, 0.717) is 11.9 Å². The Bertz CT molecular complexity index is 412. The molecule has 0 radical (unpaired) electrons. The Labute approximate surface area is 106 Å². The molecule has 0 aliphatic carbocycles. The first-order valence-electron chi connectivity index (χ1n) is 6.57. The van der Waals surface area contributed by atoms with E-state index in [9.17, 15) is 5.11 Å². The molecule has 1 atom stereocenters. The van der Waals surface area contributed by atoms with Crippen molar-refractivity contribution in [2.24, 2.45) is 0 Å². The minimum absolute atomic E-state index is 0.335. The van der Waals surface area contributed by atoms with Crippen molar-refractivity contribution < 1.29 is 14.3 Å². The average molecular weight is 253 g/mol. The van der Waals surface area contributed by atoms with Crippen molar-refractivity contribution in [1.82, 2.24) is 10.2 Å². The molecule has 0 aromatic carbocycles. The van der Waals surface area contributed by atoms with Gasteiger partial charge in [0.05, 0.1) is 11.7 Å². The zero-order chi connectivity index (χ0) is 12.6. The van der Waals surface area contributed by atoms with E-state index in [1.54, 1.807) is 6.92 Å². The fourth-order valence-electron chi connectivity index (χ4n) is 2.88. The Morgan fingerprint density at radius 1 is 1.33 bits per heavy atom. The highest BCUT2D eigenvalue weighted by Crippen LogP contribution is 2.36. The summed E-state index contributed by atoms with van der Waals surface area (Å²) < 4.78 is 11.3. The van der Waals surface area contributed by atoms with Gasteiger partial charge < -0.3 is 19.2 Å². The first kappa shape index (κ1) is 11.9. The van der Waals surface area contributed by atoms with Gasteiger partial charge in [-0.25, -0.2) is 0 Å². The number of piperidine rings is 1. The Morgan fingerprint density at radius 3 is 2.72 bits per heavy atom. The summed E-state index contributed by atoms with van der Waals surface area (Å²) in [5.74, 6) is 0.583. The largest absolute Gasteiger partial charge is 0.408 e. The van der Waals surface area contributed by atoms with Gasteiger partial charge >= 0.3 is 6.01 Å². The molecule has 18 heavy (non-hydrogen) atoms. The summed E-state index contributed by atoms with van der Waals surface area (Å²) in [5.41, 5.74) is -0.343. The highest BCUT2D eigenvalue weighted by atomic mass is 16.5. The van der Waals surface area contributed by atoms with E-state index in [-0.39, 0.29) is 11.7 Å². The Hall–Kier alpha value is -1.14. The van der Waals surface area contributed by atoms with Gasteiger partial charge in [-0.2, -0.15) is 0 Å². The molecular formula is C12H19N3O3. The standard InChI is InChI=1S/C12H19N3O3/c1-9-13-14-11(18-9)15-6-4-12(5-7-15)10(16)3-2-8-17-12/h10,16H,2-8H2,1H3/t10-/m1/s1. The molecule has 1 N–H and O–H groups in total. The smallest absolute Gasteiger partial charge is 0.318 e. The van der Waals surface area contributed by atoms with Crippen molar-refractivity contribution in [3.63, 3.8) is 0 Å². The third-order valence-corrected chi connectivity index (χ3v) is 4.01. The van der Waals surface area contributed by atoms with E-state index >= 15 is 0 Å². The number of aryl methyl sites for hydroxylation is 1. The van der Waals surface area contributed by atoms with Gasteiger partial charge in [0.15, 0.2) is 0 Å². The minimum Gasteiger partial charge on any atom is -0.408 e. The number of hydrogen-bond acceptors (Lipinski definition) is 6. The van der Waals surface area contributed by atoms with Gasteiger partial charge in [-0.3, -0.25) is 0 Å². The molecule has 1 spiro atoms. The van der Waals surface area contributed by atoms with Crippen molar-refractivity contribution in [3.05, 3.63) is 5.89 Å². The van der Waals surface area contributed by atoms with Crippen molar-refractivity contribution in [1.29, 1.82) is 0 Å². The topological polar surface area (TPSA) is 71.6 Å². The van der Waals surface area contributed by atoms with Crippen LogP contribution in [0.15, 0.2) is 4.42 Å². The number of aliphatic hydroxyl groups is 1. The van der Waals surface area contributed by atoms with Crippen LogP contribution in [0.1, 0.15) is 31.6 Å². The van der Waals surface area contributed by atoms with Gasteiger partial charge in [-0.15, -0.1) is 5.10 Å². The first-order valence-corrected chi connectivity index (χ1v) is 6.57. The first-order chi connectivity index (χ1) is 8.70. The fraction of sp³-hybridized carbons (Fsp3) is 0.833. The van der Waals surface area contributed by atoms with E-state index in [1.165, 1.54) is 0 Å². The molecule has 1 aromatic heterocycles. The average Bonchev–Trinajstić information content (AvgIpc) is 2.81. The molecule has 0 saturated carbocycles. The second kappa shape index (κ2) is 4.51. The molecule has 2 fully saturated rings. The molecule has 6 heteroatoms. The van der Waals surface area contributed by atoms with Crippen LogP contribution in [0.25, 0.3) is 0 Å². The van der Waals surface area contributed by atoms with Gasteiger partial charge in [-0.1, -0.05) is 5.10 Å². The summed E-state index contributed by atoms with van der Waals surface area (Å²) >= 11 is 0. The molecule has 1 aromatic rings. The number of rotatable bonds is 1. The van der Waals surface area contributed by atoms with Crippen molar-refractivity contribution >= 4 is 6.01 Å². The SMILES string of the molecule is Cc1nnc(N2CCC3(CC2)OCCC[C@H]3O)o1. The Kier molecular flexibility index (Phi) is 2.99. The number of ether oxygens (including phenoxy) is 1. The van der Waals surface area contributed by atoms with E-state index < -0.39 is 0 Å². The van der Waals surface area contributed by atoms with Gasteiger partial charge in [0.1, 0.15) is 0 Å². The molecule has 6 nitrogen and oxygen atoms in total. The summed E-state index contributed by atoms with van der Waals surface area (Å²) in [6.45, 7) is 4.13. The Balaban J connectivity index is 1.67. The quantitative estimate of drug-likeness (QED) is 0.801. The van der Waals surface area contributed by atoms with Crippen LogP contribution in [-0.4, -0.2) is 46.7 Å². The van der Waals surface area contributed by atoms with Crippen molar-refractivity contribution in [3.8, 4) is 0 Å². The van der Waals surface area contributed by atoms with Crippen molar-refractivity contribution in [2.45, 2.75) is 44.3 Å². The lowest BCUT2D eigenvalue weighted by atomic mass is 9.82. The van der Waals surface area contributed by atoms with Gasteiger partial charge in [0.25, 0.3) is 0 Å². The molecule has 0 amide bonds. The number of aliphatic hydroxyl groups excluding tert-OH is 1. The number of anilines is 1. The van der Waals surface area contributed by atoms with E-state index in [1.807, 2.05) is 0 Å². The van der Waals surface area contributed by atoms with Gasteiger partial charge in [0, 0.05) is 26.6 Å². The minimum atomic E-state index is -0.343. The summed E-state index contributed by atoms with van der Waals surface area (Å²) in [4.78, 5) is 2.07. The molecular weight excluding hydrogens is 234 g/mol. The molecule has 0 bridgehead atoms. The zero-order valence-corrected chi connectivity index (χ0v) is 10.6. The maximum atomic E-state index is 10.2. The molecule has 2 aliphatic heterocycles. The molecule has 3 rings (SSSR count). The summed E-state index contributed by atoms with van der Waals surface area (Å²) in [6, 6.07) is 0.577. The second-order valence-electron chi connectivity index (χ2n) is 5.16. The van der Waals surface area contributed by atoms with E-state index in [0.717, 1.165) is 45.4 Å². The van der Waals surface area contributed by atoms with Crippen LogP contribution in [-0.2, 0) is 4.74 Å². The summed E-state index contributed by atoms with van der Waals surface area (Å²) in [7, 11) is 0. The van der Waals surface area contributed by atoms with Crippen LogP contribution in [0.4, 0.5) is 6.01 Å². The van der Waals surface area contributed by atoms with Crippen LogP contribution < -0.4 is 4.90 Å². The Morgan fingerprint density at radius 2 is 2.11 bits per heavy atom. The summed E-state index contributed by atoms with van der Waals surface area (Å²) in [5, 5.41) is 18.0. The molecule has 2 saturated heterocycles.